The van der Waals surface area contributed by atoms with Crippen LogP contribution in [-0.4, -0.2) is 39.6 Å². The fourth-order valence-corrected chi connectivity index (χ4v) is 4.16. The van der Waals surface area contributed by atoms with E-state index in [-0.39, 0.29) is 5.91 Å². The van der Waals surface area contributed by atoms with Crippen LogP contribution < -0.4 is 0 Å². The number of carbonyl (C=O) groups excluding carboxylic acids is 1. The number of likely N-dealkylation sites (tertiary alicyclic amines) is 1. The number of fused-ring (bicyclic) bond motifs is 1. The molecule has 1 aromatic carbocycles. The summed E-state index contributed by atoms with van der Waals surface area (Å²) in [6, 6.07) is 9.71. The van der Waals surface area contributed by atoms with Crippen LogP contribution in [0.25, 0.3) is 0 Å². The van der Waals surface area contributed by atoms with Gasteiger partial charge in [0.1, 0.15) is 11.5 Å². The fraction of sp³-hybridized carbons (Fsp3) is 0.412. The van der Waals surface area contributed by atoms with E-state index in [0.29, 0.717) is 13.1 Å². The molecule has 2 fully saturated rings. The van der Waals surface area contributed by atoms with Gasteiger partial charge >= 0.3 is 5.97 Å². The molecule has 2 bridgehead atoms. The number of carboxylic acid groups (broad SMARTS) is 1. The number of aliphatic carboxylic acids is 1. The zero-order valence-corrected chi connectivity index (χ0v) is 12.2. The number of hydrogen-bond donors (Lipinski definition) is 1. The van der Waals surface area contributed by atoms with Crippen molar-refractivity contribution in [3.8, 4) is 0 Å². The lowest BCUT2D eigenvalue weighted by molar-refractivity contribution is -0.151. The fourth-order valence-electron chi connectivity index (χ4n) is 4.16. The molecular formula is C17H17NO4. The molecule has 1 spiro atoms. The maximum Gasteiger partial charge on any atom is 0.310 e. The maximum atomic E-state index is 12.8. The zero-order valence-electron chi connectivity index (χ0n) is 12.2. The number of ether oxygens (including phenoxy) is 1. The molecule has 1 amide bonds. The topological polar surface area (TPSA) is 66.8 Å². The lowest BCUT2D eigenvalue weighted by Crippen LogP contribution is -2.43. The van der Waals surface area contributed by atoms with Crippen LogP contribution in [-0.2, 0) is 20.9 Å². The minimum atomic E-state index is -0.964. The highest BCUT2D eigenvalue weighted by Crippen LogP contribution is 2.57. The number of rotatable bonds is 3. The number of amides is 1. The highest BCUT2D eigenvalue weighted by atomic mass is 16.5. The first kappa shape index (κ1) is 13.5. The Morgan fingerprint density at radius 1 is 1.36 bits per heavy atom. The van der Waals surface area contributed by atoms with E-state index in [9.17, 15) is 14.7 Å². The molecule has 1 N–H and O–H groups in total. The second-order valence-electron chi connectivity index (χ2n) is 6.55. The van der Waals surface area contributed by atoms with Crippen LogP contribution in [0, 0.1) is 11.8 Å². The Morgan fingerprint density at radius 2 is 2.09 bits per heavy atom. The van der Waals surface area contributed by atoms with Gasteiger partial charge in [0.25, 0.3) is 0 Å². The lowest BCUT2D eigenvalue weighted by Gasteiger charge is -2.27. The van der Waals surface area contributed by atoms with Gasteiger partial charge in [-0.05, 0) is 12.5 Å². The molecule has 114 valence electrons. The Labute approximate surface area is 128 Å². The van der Waals surface area contributed by atoms with E-state index in [0.717, 1.165) is 5.56 Å². The summed E-state index contributed by atoms with van der Waals surface area (Å²) in [7, 11) is 0. The summed E-state index contributed by atoms with van der Waals surface area (Å²) < 4.78 is 6.03. The molecule has 3 aliphatic heterocycles. The van der Waals surface area contributed by atoms with Crippen LogP contribution >= 0.6 is 0 Å². The van der Waals surface area contributed by atoms with Crippen molar-refractivity contribution in [3.63, 3.8) is 0 Å². The molecule has 5 nitrogen and oxygen atoms in total. The molecule has 4 unspecified atom stereocenters. The SMILES string of the molecule is CC12C=CC3(CN(Cc4ccccc4)C(=O)C3C1C(=O)O)O2. The molecule has 22 heavy (non-hydrogen) atoms. The van der Waals surface area contributed by atoms with Crippen LogP contribution in [0.2, 0.25) is 0 Å². The third-order valence-corrected chi connectivity index (χ3v) is 5.08. The summed E-state index contributed by atoms with van der Waals surface area (Å²) in [6.45, 7) is 2.66. The van der Waals surface area contributed by atoms with Gasteiger partial charge in [0.15, 0.2) is 0 Å². The van der Waals surface area contributed by atoms with Crippen molar-refractivity contribution in [3.05, 3.63) is 48.0 Å². The second kappa shape index (κ2) is 4.20. The van der Waals surface area contributed by atoms with Gasteiger partial charge in [0.05, 0.1) is 18.1 Å². The van der Waals surface area contributed by atoms with E-state index < -0.39 is 29.0 Å². The molecular weight excluding hydrogens is 282 g/mol. The summed E-state index contributed by atoms with van der Waals surface area (Å²) in [4.78, 5) is 26.2. The lowest BCUT2D eigenvalue weighted by atomic mass is 9.72. The van der Waals surface area contributed by atoms with E-state index in [1.807, 2.05) is 42.5 Å². The highest BCUT2D eigenvalue weighted by Gasteiger charge is 2.71. The van der Waals surface area contributed by atoms with Gasteiger partial charge in [-0.3, -0.25) is 9.59 Å². The largest absolute Gasteiger partial charge is 0.481 e. The van der Waals surface area contributed by atoms with Gasteiger partial charge in [-0.2, -0.15) is 0 Å². The molecule has 4 rings (SSSR count). The molecule has 5 heteroatoms. The first-order valence-electron chi connectivity index (χ1n) is 7.41. The predicted octanol–water partition coefficient (Wildman–Crippen LogP) is 1.44. The van der Waals surface area contributed by atoms with Crippen LogP contribution in [0.1, 0.15) is 12.5 Å². The molecule has 4 atom stereocenters. The standard InChI is InChI=1S/C17H17NO4/c1-16-7-8-17(22-16)10-18(9-11-5-3-2-4-6-11)14(19)12(17)13(16)15(20)21/h2-8,12-13H,9-10H2,1H3,(H,20,21). The Morgan fingerprint density at radius 3 is 2.77 bits per heavy atom. The average molecular weight is 299 g/mol. The monoisotopic (exact) mass is 299 g/mol. The summed E-state index contributed by atoms with van der Waals surface area (Å²) >= 11 is 0. The van der Waals surface area contributed by atoms with Gasteiger partial charge in [0.2, 0.25) is 5.91 Å². The first-order chi connectivity index (χ1) is 10.5. The normalized spacial score (nSPS) is 38.6. The van der Waals surface area contributed by atoms with E-state index in [1.54, 1.807) is 11.8 Å². The third kappa shape index (κ3) is 1.63. The molecule has 0 aromatic heterocycles. The van der Waals surface area contributed by atoms with Gasteiger partial charge < -0.3 is 14.7 Å². The van der Waals surface area contributed by atoms with Crippen molar-refractivity contribution in [2.75, 3.05) is 6.54 Å². The van der Waals surface area contributed by atoms with Gasteiger partial charge in [-0.25, -0.2) is 0 Å². The zero-order chi connectivity index (χ0) is 15.5. The molecule has 0 radical (unpaired) electrons. The van der Waals surface area contributed by atoms with E-state index >= 15 is 0 Å². The van der Waals surface area contributed by atoms with Crippen molar-refractivity contribution in [1.82, 2.24) is 4.90 Å². The summed E-state index contributed by atoms with van der Waals surface area (Å²) in [5, 5.41) is 9.55. The average Bonchev–Trinajstić information content (AvgIpc) is 3.03. The van der Waals surface area contributed by atoms with E-state index in [2.05, 4.69) is 0 Å². The molecule has 3 aliphatic rings. The minimum Gasteiger partial charge on any atom is -0.481 e. The molecule has 0 aliphatic carbocycles. The number of benzene rings is 1. The van der Waals surface area contributed by atoms with Crippen molar-refractivity contribution < 1.29 is 19.4 Å². The van der Waals surface area contributed by atoms with Crippen LogP contribution in [0.3, 0.4) is 0 Å². The molecule has 2 saturated heterocycles. The number of carbonyl (C=O) groups is 2. The molecule has 3 heterocycles. The van der Waals surface area contributed by atoms with Crippen LogP contribution in [0.5, 0.6) is 0 Å². The van der Waals surface area contributed by atoms with Crippen LogP contribution in [0.15, 0.2) is 42.5 Å². The van der Waals surface area contributed by atoms with E-state index in [1.165, 1.54) is 0 Å². The predicted molar refractivity (Wildman–Crippen MR) is 77.8 cm³/mol. The number of hydrogen-bond acceptors (Lipinski definition) is 3. The Bertz CT molecular complexity index is 685. The smallest absolute Gasteiger partial charge is 0.310 e. The first-order valence-corrected chi connectivity index (χ1v) is 7.41. The summed E-state index contributed by atoms with van der Waals surface area (Å²) in [5.41, 5.74) is -0.613. The van der Waals surface area contributed by atoms with Crippen molar-refractivity contribution >= 4 is 11.9 Å². The Balaban J connectivity index is 1.66. The maximum absolute atomic E-state index is 12.8. The summed E-state index contributed by atoms with van der Waals surface area (Å²) in [6.07, 6.45) is 3.70. The Hall–Kier alpha value is -2.14. The van der Waals surface area contributed by atoms with Crippen molar-refractivity contribution in [2.45, 2.75) is 24.7 Å². The van der Waals surface area contributed by atoms with Crippen molar-refractivity contribution in [2.24, 2.45) is 11.8 Å². The summed E-state index contributed by atoms with van der Waals surface area (Å²) in [5.74, 6) is -2.52. The van der Waals surface area contributed by atoms with Crippen LogP contribution in [0.4, 0.5) is 0 Å². The minimum absolute atomic E-state index is 0.121. The van der Waals surface area contributed by atoms with Gasteiger partial charge in [-0.15, -0.1) is 0 Å². The number of carboxylic acids is 1. The van der Waals surface area contributed by atoms with Crippen molar-refractivity contribution in [1.29, 1.82) is 0 Å². The highest BCUT2D eigenvalue weighted by molar-refractivity contribution is 5.91. The Kier molecular flexibility index (Phi) is 2.58. The second-order valence-corrected chi connectivity index (χ2v) is 6.55. The molecule has 0 saturated carbocycles. The quantitative estimate of drug-likeness (QED) is 0.858. The molecule has 1 aromatic rings. The van der Waals surface area contributed by atoms with E-state index in [4.69, 9.17) is 4.74 Å². The third-order valence-electron chi connectivity index (χ3n) is 5.08. The van der Waals surface area contributed by atoms with Gasteiger partial charge in [0, 0.05) is 6.54 Å². The number of nitrogens with zero attached hydrogens (tertiary/aromatic N) is 1. The van der Waals surface area contributed by atoms with Gasteiger partial charge in [-0.1, -0.05) is 42.5 Å².